The molecule has 1 fully saturated rings. The molecule has 0 aliphatic carbocycles. The maximum absolute atomic E-state index is 10.1. The Morgan fingerprint density at radius 2 is 1.89 bits per heavy atom. The van der Waals surface area contributed by atoms with Crippen LogP contribution in [-0.2, 0) is 0 Å². The summed E-state index contributed by atoms with van der Waals surface area (Å²) in [6, 6.07) is 15.4. The molecular formula is C28H25N5O4. The summed E-state index contributed by atoms with van der Waals surface area (Å²) in [5, 5.41) is 24.0. The van der Waals surface area contributed by atoms with Gasteiger partial charge in [-0.15, -0.1) is 6.42 Å². The zero-order valence-corrected chi connectivity index (χ0v) is 20.5. The topological polar surface area (TPSA) is 105 Å². The van der Waals surface area contributed by atoms with Crippen molar-refractivity contribution in [2.75, 3.05) is 31.7 Å². The Morgan fingerprint density at radius 1 is 1.14 bits per heavy atom. The van der Waals surface area contributed by atoms with Gasteiger partial charge in [0.2, 0.25) is 0 Å². The fourth-order valence-electron chi connectivity index (χ4n) is 4.02. The van der Waals surface area contributed by atoms with Gasteiger partial charge in [0.25, 0.3) is 0 Å². The van der Waals surface area contributed by atoms with E-state index in [2.05, 4.69) is 27.0 Å². The molecule has 1 aliphatic heterocycles. The standard InChI is InChI=1S/C28H25N5O4/c1-4-28(2,34)18-36-23-11-25(27-20(12-29)14-31-33(27)17-23)19-5-10-26(30-13-19)32-15-24(16-32)37-22-8-6-21(35-3)7-9-22/h1,5-11,13-14,17,24,34H,15-16,18H2,2-3H3. The summed E-state index contributed by atoms with van der Waals surface area (Å²) in [5.74, 6) is 5.18. The molecule has 4 aromatic rings. The fraction of sp³-hybridized carbons (Fsp3) is 0.250. The van der Waals surface area contributed by atoms with Crippen LogP contribution in [0, 0.1) is 23.7 Å². The first-order valence-corrected chi connectivity index (χ1v) is 11.7. The van der Waals surface area contributed by atoms with E-state index in [-0.39, 0.29) is 12.7 Å². The van der Waals surface area contributed by atoms with Crippen molar-refractivity contribution in [1.82, 2.24) is 14.6 Å². The van der Waals surface area contributed by atoms with Gasteiger partial charge in [-0.2, -0.15) is 10.4 Å². The number of benzene rings is 1. The highest BCUT2D eigenvalue weighted by molar-refractivity contribution is 5.85. The number of nitrogens with zero attached hydrogens (tertiary/aromatic N) is 5. The third-order valence-electron chi connectivity index (χ3n) is 6.13. The van der Waals surface area contributed by atoms with Crippen LogP contribution in [0.5, 0.6) is 17.2 Å². The maximum Gasteiger partial charge on any atom is 0.156 e. The molecule has 5 rings (SSSR count). The Hall–Kier alpha value is -4.73. The minimum absolute atomic E-state index is 0.0773. The number of pyridine rings is 2. The van der Waals surface area contributed by atoms with E-state index in [4.69, 9.17) is 20.6 Å². The lowest BCUT2D eigenvalue weighted by Gasteiger charge is -2.39. The highest BCUT2D eigenvalue weighted by atomic mass is 16.5. The molecule has 9 heteroatoms. The molecule has 1 saturated heterocycles. The zero-order chi connectivity index (χ0) is 26.0. The predicted molar refractivity (Wildman–Crippen MR) is 138 cm³/mol. The lowest BCUT2D eigenvalue weighted by atomic mass is 10.0. The van der Waals surface area contributed by atoms with Gasteiger partial charge < -0.3 is 24.2 Å². The van der Waals surface area contributed by atoms with Crippen molar-refractivity contribution < 1.29 is 19.3 Å². The summed E-state index contributed by atoms with van der Waals surface area (Å²) in [7, 11) is 1.63. The monoisotopic (exact) mass is 495 g/mol. The van der Waals surface area contributed by atoms with Crippen LogP contribution >= 0.6 is 0 Å². The number of hydrogen-bond donors (Lipinski definition) is 1. The van der Waals surface area contributed by atoms with Gasteiger partial charge in [-0.05, 0) is 49.4 Å². The Bertz CT molecular complexity index is 1490. The van der Waals surface area contributed by atoms with E-state index >= 15 is 0 Å². The van der Waals surface area contributed by atoms with Gasteiger partial charge in [-0.1, -0.05) is 5.92 Å². The third-order valence-corrected chi connectivity index (χ3v) is 6.13. The number of ether oxygens (including phenoxy) is 3. The molecule has 1 atom stereocenters. The number of hydrogen-bond acceptors (Lipinski definition) is 8. The molecule has 1 aliphatic rings. The van der Waals surface area contributed by atoms with Crippen molar-refractivity contribution >= 4 is 11.3 Å². The summed E-state index contributed by atoms with van der Waals surface area (Å²) in [6.07, 6.45) is 10.4. The fourth-order valence-corrected chi connectivity index (χ4v) is 4.02. The Labute approximate surface area is 214 Å². The number of rotatable bonds is 8. The minimum Gasteiger partial charge on any atom is -0.497 e. The van der Waals surface area contributed by atoms with Crippen molar-refractivity contribution in [2.45, 2.75) is 18.6 Å². The smallest absolute Gasteiger partial charge is 0.156 e. The van der Waals surface area contributed by atoms with Crippen molar-refractivity contribution in [1.29, 1.82) is 5.26 Å². The first kappa shape index (κ1) is 24.0. The van der Waals surface area contributed by atoms with Gasteiger partial charge >= 0.3 is 0 Å². The van der Waals surface area contributed by atoms with Crippen LogP contribution in [0.3, 0.4) is 0 Å². The molecule has 0 radical (unpaired) electrons. The van der Waals surface area contributed by atoms with Crippen LogP contribution in [0.25, 0.3) is 16.6 Å². The largest absolute Gasteiger partial charge is 0.497 e. The average molecular weight is 496 g/mol. The van der Waals surface area contributed by atoms with Gasteiger partial charge in [0.1, 0.15) is 41.8 Å². The van der Waals surface area contributed by atoms with E-state index in [1.54, 1.807) is 30.1 Å². The zero-order valence-electron chi connectivity index (χ0n) is 20.5. The van der Waals surface area contributed by atoms with Crippen molar-refractivity contribution in [3.8, 4) is 46.8 Å². The summed E-state index contributed by atoms with van der Waals surface area (Å²) in [6.45, 7) is 2.86. The Morgan fingerprint density at radius 3 is 2.54 bits per heavy atom. The predicted octanol–water partition coefficient (Wildman–Crippen LogP) is 3.31. The Balaban J connectivity index is 1.32. The molecule has 4 heterocycles. The quantitative estimate of drug-likeness (QED) is 0.371. The summed E-state index contributed by atoms with van der Waals surface area (Å²) >= 11 is 0. The first-order chi connectivity index (χ1) is 17.9. The molecule has 1 aromatic carbocycles. The SMILES string of the molecule is C#CC(C)(O)COc1cc(-c2ccc(N3CC(Oc4ccc(OC)cc4)C3)nc2)c2c(C#N)cnn2c1. The molecule has 0 spiro atoms. The molecule has 1 N–H and O–H groups in total. The molecule has 0 saturated carbocycles. The molecule has 0 amide bonds. The second kappa shape index (κ2) is 9.73. The molecule has 9 nitrogen and oxygen atoms in total. The van der Waals surface area contributed by atoms with Crippen molar-refractivity contribution in [3.63, 3.8) is 0 Å². The second-order valence-corrected chi connectivity index (χ2v) is 8.99. The molecule has 1 unspecified atom stereocenters. The number of terminal acetylenes is 1. The van der Waals surface area contributed by atoms with E-state index in [0.29, 0.717) is 16.8 Å². The van der Waals surface area contributed by atoms with Gasteiger partial charge in [-0.3, -0.25) is 0 Å². The number of aliphatic hydroxyl groups is 1. The number of anilines is 1. The summed E-state index contributed by atoms with van der Waals surface area (Å²) in [4.78, 5) is 6.78. The first-order valence-electron chi connectivity index (χ1n) is 11.7. The average Bonchev–Trinajstić information content (AvgIpc) is 3.32. The number of fused-ring (bicyclic) bond motifs is 1. The van der Waals surface area contributed by atoms with E-state index in [9.17, 15) is 10.4 Å². The van der Waals surface area contributed by atoms with E-state index in [1.807, 2.05) is 36.4 Å². The molecular weight excluding hydrogens is 470 g/mol. The van der Waals surface area contributed by atoms with Gasteiger partial charge in [0.15, 0.2) is 5.60 Å². The van der Waals surface area contributed by atoms with Gasteiger partial charge in [0, 0.05) is 17.3 Å². The lowest BCUT2D eigenvalue weighted by molar-refractivity contribution is 0.0629. The highest BCUT2D eigenvalue weighted by Gasteiger charge is 2.29. The Kier molecular flexibility index (Phi) is 6.31. The van der Waals surface area contributed by atoms with E-state index < -0.39 is 5.60 Å². The number of nitriles is 1. The normalized spacial score (nSPS) is 14.8. The summed E-state index contributed by atoms with van der Waals surface area (Å²) in [5.41, 5.74) is 1.20. The van der Waals surface area contributed by atoms with Crippen LogP contribution in [-0.4, -0.2) is 58.2 Å². The summed E-state index contributed by atoms with van der Waals surface area (Å²) < 4.78 is 18.5. The maximum atomic E-state index is 10.1. The van der Waals surface area contributed by atoms with Crippen LogP contribution < -0.4 is 19.1 Å². The van der Waals surface area contributed by atoms with Crippen LogP contribution in [0.15, 0.2) is 61.1 Å². The van der Waals surface area contributed by atoms with Crippen LogP contribution in [0.2, 0.25) is 0 Å². The molecule has 186 valence electrons. The highest BCUT2D eigenvalue weighted by Crippen LogP contribution is 2.32. The molecule has 37 heavy (non-hydrogen) atoms. The third kappa shape index (κ3) is 4.99. The van der Waals surface area contributed by atoms with Crippen LogP contribution in [0.1, 0.15) is 12.5 Å². The lowest BCUT2D eigenvalue weighted by Crippen LogP contribution is -2.54. The number of aromatic nitrogens is 3. The second-order valence-electron chi connectivity index (χ2n) is 8.99. The number of methoxy groups -OCH3 is 1. The molecule has 3 aromatic heterocycles. The van der Waals surface area contributed by atoms with E-state index in [1.165, 1.54) is 13.1 Å². The van der Waals surface area contributed by atoms with Gasteiger partial charge in [-0.25, -0.2) is 9.50 Å². The van der Waals surface area contributed by atoms with Crippen LogP contribution in [0.4, 0.5) is 5.82 Å². The molecule has 0 bridgehead atoms. The van der Waals surface area contributed by atoms with E-state index in [0.717, 1.165) is 41.5 Å². The van der Waals surface area contributed by atoms with Gasteiger partial charge in [0.05, 0.1) is 43.7 Å². The minimum atomic E-state index is -1.41. The van der Waals surface area contributed by atoms with Crippen molar-refractivity contribution in [2.24, 2.45) is 0 Å². The van der Waals surface area contributed by atoms with Crippen molar-refractivity contribution in [3.05, 3.63) is 66.6 Å².